The predicted molar refractivity (Wildman–Crippen MR) is 117 cm³/mol. The molecule has 0 saturated carbocycles. The van der Waals surface area contributed by atoms with E-state index in [1.165, 1.54) is 12.1 Å². The molecule has 7 heteroatoms. The minimum Gasteiger partial charge on any atom is -0.426 e. The highest BCUT2D eigenvalue weighted by Crippen LogP contribution is 2.39. The molecule has 32 heavy (non-hydrogen) atoms. The summed E-state index contributed by atoms with van der Waals surface area (Å²) in [4.78, 5) is 28.1. The van der Waals surface area contributed by atoms with E-state index in [9.17, 15) is 18.4 Å². The normalized spacial score (nSPS) is 23.1. The Labute approximate surface area is 190 Å². The van der Waals surface area contributed by atoms with Crippen LogP contribution in [0.15, 0.2) is 60.7 Å². The zero-order chi connectivity index (χ0) is 22.9. The topological polar surface area (TPSA) is 46.6 Å². The number of amides is 1. The van der Waals surface area contributed by atoms with Crippen molar-refractivity contribution < 1.29 is 23.1 Å². The maximum absolute atomic E-state index is 13.8. The molecule has 1 aliphatic carbocycles. The molecule has 1 saturated heterocycles. The summed E-state index contributed by atoms with van der Waals surface area (Å²) in [5, 5.41) is -0.100. The average molecular weight is 460 g/mol. The third-order valence-electron chi connectivity index (χ3n) is 6.15. The first-order valence-corrected chi connectivity index (χ1v) is 11.0. The largest absolute Gasteiger partial charge is 0.426 e. The van der Waals surface area contributed by atoms with Crippen LogP contribution in [0.2, 0.25) is 5.02 Å². The van der Waals surface area contributed by atoms with Gasteiger partial charge in [-0.2, -0.15) is 0 Å². The summed E-state index contributed by atoms with van der Waals surface area (Å²) in [5.41, 5.74) is 0.618. The van der Waals surface area contributed by atoms with Gasteiger partial charge in [-0.1, -0.05) is 54.1 Å². The third kappa shape index (κ3) is 4.70. The van der Waals surface area contributed by atoms with Gasteiger partial charge >= 0.3 is 5.97 Å². The summed E-state index contributed by atoms with van der Waals surface area (Å²) in [6.45, 7) is 1.84. The number of esters is 1. The van der Waals surface area contributed by atoms with Gasteiger partial charge in [-0.15, -0.1) is 0 Å². The number of allylic oxidation sites excluding steroid dienone is 2. The SMILES string of the molecule is CC(F)(F)c1cc(OC(=O)C2CC=CC3CCN(Cc4ccccc4)C(=O)C32)ccc1Cl. The lowest BCUT2D eigenvalue weighted by molar-refractivity contribution is -0.153. The van der Waals surface area contributed by atoms with Gasteiger partial charge in [0.15, 0.2) is 0 Å². The minimum atomic E-state index is -3.17. The first kappa shape index (κ1) is 22.5. The molecule has 4 nitrogen and oxygen atoms in total. The summed E-state index contributed by atoms with van der Waals surface area (Å²) in [7, 11) is 0. The molecule has 1 aliphatic heterocycles. The van der Waals surface area contributed by atoms with Crippen LogP contribution in [-0.2, 0) is 22.1 Å². The molecule has 0 bridgehead atoms. The maximum atomic E-state index is 13.8. The lowest BCUT2D eigenvalue weighted by atomic mass is 9.71. The number of alkyl halides is 2. The highest BCUT2D eigenvalue weighted by Gasteiger charge is 2.45. The smallest absolute Gasteiger partial charge is 0.315 e. The van der Waals surface area contributed by atoms with Crippen LogP contribution in [0, 0.1) is 17.8 Å². The quantitative estimate of drug-likeness (QED) is 0.332. The fraction of sp³-hybridized carbons (Fsp3) is 0.360. The number of benzene rings is 2. The second kappa shape index (κ2) is 9.02. The molecule has 2 aliphatic rings. The average Bonchev–Trinajstić information content (AvgIpc) is 2.76. The molecular formula is C25H24ClF2NO3. The Morgan fingerprint density at radius 1 is 1.22 bits per heavy atom. The van der Waals surface area contributed by atoms with Gasteiger partial charge in [-0.3, -0.25) is 9.59 Å². The van der Waals surface area contributed by atoms with Gasteiger partial charge in [-0.05, 0) is 42.5 Å². The number of carbonyl (C=O) groups is 2. The molecule has 0 N–H and O–H groups in total. The first-order valence-electron chi connectivity index (χ1n) is 10.6. The molecule has 0 spiro atoms. The number of hydrogen-bond donors (Lipinski definition) is 0. The van der Waals surface area contributed by atoms with Crippen molar-refractivity contribution in [2.45, 2.75) is 32.2 Å². The standard InChI is InChI=1S/C25H24ClF2NO3/c1-25(27,28)20-14-18(10-11-21(20)26)32-24(31)19-9-5-8-17-12-13-29(23(30)22(17)19)15-16-6-3-2-4-7-16/h2-8,10-11,14,17,19,22H,9,12-13,15H2,1H3. The molecule has 1 amide bonds. The zero-order valence-electron chi connectivity index (χ0n) is 17.6. The van der Waals surface area contributed by atoms with Crippen LogP contribution in [0.3, 0.4) is 0 Å². The van der Waals surface area contributed by atoms with Crippen molar-refractivity contribution >= 4 is 23.5 Å². The molecule has 1 fully saturated rings. The summed E-state index contributed by atoms with van der Waals surface area (Å²) in [5.74, 6) is -5.08. The molecule has 4 rings (SSSR count). The number of rotatable bonds is 5. The number of halogens is 3. The fourth-order valence-electron chi connectivity index (χ4n) is 4.52. The Morgan fingerprint density at radius 3 is 2.69 bits per heavy atom. The van der Waals surface area contributed by atoms with E-state index in [1.54, 1.807) is 4.90 Å². The van der Waals surface area contributed by atoms with E-state index in [-0.39, 0.29) is 22.6 Å². The summed E-state index contributed by atoms with van der Waals surface area (Å²) < 4.78 is 33.1. The number of carbonyl (C=O) groups excluding carboxylic acids is 2. The van der Waals surface area contributed by atoms with E-state index in [0.29, 0.717) is 19.5 Å². The van der Waals surface area contributed by atoms with E-state index in [4.69, 9.17) is 16.3 Å². The Morgan fingerprint density at radius 2 is 1.97 bits per heavy atom. The van der Waals surface area contributed by atoms with Crippen LogP contribution in [0.25, 0.3) is 0 Å². The Hall–Kier alpha value is -2.73. The zero-order valence-corrected chi connectivity index (χ0v) is 18.4. The van der Waals surface area contributed by atoms with E-state index >= 15 is 0 Å². The predicted octanol–water partition coefficient (Wildman–Crippen LogP) is 5.60. The van der Waals surface area contributed by atoms with E-state index in [1.807, 2.05) is 42.5 Å². The molecule has 0 radical (unpaired) electrons. The molecule has 2 aromatic rings. The van der Waals surface area contributed by atoms with Crippen molar-refractivity contribution in [3.05, 3.63) is 76.8 Å². The maximum Gasteiger partial charge on any atom is 0.315 e. The van der Waals surface area contributed by atoms with Crippen molar-refractivity contribution in [3.63, 3.8) is 0 Å². The Balaban J connectivity index is 1.52. The molecular weight excluding hydrogens is 436 g/mol. The second-order valence-electron chi connectivity index (χ2n) is 8.45. The monoisotopic (exact) mass is 459 g/mol. The van der Waals surface area contributed by atoms with E-state index in [0.717, 1.165) is 25.0 Å². The van der Waals surface area contributed by atoms with Crippen LogP contribution >= 0.6 is 11.6 Å². The lowest BCUT2D eigenvalue weighted by Gasteiger charge is -2.41. The van der Waals surface area contributed by atoms with Crippen molar-refractivity contribution in [1.29, 1.82) is 0 Å². The van der Waals surface area contributed by atoms with Gasteiger partial charge in [-0.25, -0.2) is 8.78 Å². The highest BCUT2D eigenvalue weighted by atomic mass is 35.5. The van der Waals surface area contributed by atoms with Gasteiger partial charge in [0, 0.05) is 30.6 Å². The van der Waals surface area contributed by atoms with E-state index in [2.05, 4.69) is 0 Å². The van der Waals surface area contributed by atoms with Crippen molar-refractivity contribution in [2.75, 3.05) is 6.54 Å². The molecule has 168 valence electrons. The van der Waals surface area contributed by atoms with Gasteiger partial charge in [0.05, 0.1) is 11.8 Å². The van der Waals surface area contributed by atoms with Crippen LogP contribution in [0.5, 0.6) is 5.75 Å². The van der Waals surface area contributed by atoms with Gasteiger partial charge in [0.2, 0.25) is 5.91 Å². The van der Waals surface area contributed by atoms with Gasteiger partial charge in [0.1, 0.15) is 5.75 Å². The summed E-state index contributed by atoms with van der Waals surface area (Å²) in [6.07, 6.45) is 5.04. The second-order valence-corrected chi connectivity index (χ2v) is 8.85. The number of piperidine rings is 1. The van der Waals surface area contributed by atoms with Crippen LogP contribution in [0.1, 0.15) is 30.9 Å². The number of fused-ring (bicyclic) bond motifs is 1. The number of ether oxygens (including phenoxy) is 1. The summed E-state index contributed by atoms with van der Waals surface area (Å²) >= 11 is 5.88. The van der Waals surface area contributed by atoms with Gasteiger partial charge in [0.25, 0.3) is 5.92 Å². The van der Waals surface area contributed by atoms with Crippen molar-refractivity contribution in [3.8, 4) is 5.75 Å². The molecule has 3 atom stereocenters. The fourth-order valence-corrected chi connectivity index (χ4v) is 4.80. The number of likely N-dealkylation sites (tertiary alicyclic amines) is 1. The first-order chi connectivity index (χ1) is 15.2. The van der Waals surface area contributed by atoms with Crippen molar-refractivity contribution in [2.24, 2.45) is 17.8 Å². The highest BCUT2D eigenvalue weighted by molar-refractivity contribution is 6.31. The number of nitrogens with zero attached hydrogens (tertiary/aromatic N) is 1. The minimum absolute atomic E-state index is 0.00794. The van der Waals surface area contributed by atoms with Crippen LogP contribution in [-0.4, -0.2) is 23.3 Å². The Kier molecular flexibility index (Phi) is 6.33. The van der Waals surface area contributed by atoms with E-state index < -0.39 is 29.3 Å². The van der Waals surface area contributed by atoms with Crippen LogP contribution < -0.4 is 4.74 Å². The molecule has 1 heterocycles. The van der Waals surface area contributed by atoms with Crippen LogP contribution in [0.4, 0.5) is 8.78 Å². The van der Waals surface area contributed by atoms with Gasteiger partial charge < -0.3 is 9.64 Å². The summed E-state index contributed by atoms with van der Waals surface area (Å²) in [6, 6.07) is 13.5. The molecule has 0 aromatic heterocycles. The number of hydrogen-bond acceptors (Lipinski definition) is 3. The van der Waals surface area contributed by atoms with Crippen molar-refractivity contribution in [1.82, 2.24) is 4.90 Å². The lowest BCUT2D eigenvalue weighted by Crippen LogP contribution is -2.50. The Bertz CT molecular complexity index is 1040. The molecule has 3 unspecified atom stereocenters. The molecule has 2 aromatic carbocycles. The third-order valence-corrected chi connectivity index (χ3v) is 6.48.